The Bertz CT molecular complexity index is 404. The maximum Gasteiger partial charge on any atom is 0.240 e. The molecule has 1 saturated carbocycles. The van der Waals surface area contributed by atoms with Crippen molar-refractivity contribution in [3.05, 3.63) is 22.4 Å². The van der Waals surface area contributed by atoms with Crippen LogP contribution in [0, 0.1) is 5.41 Å². The number of hydrogen-bond donors (Lipinski definition) is 1. The molecule has 3 nitrogen and oxygen atoms in total. The number of carbonyl (C=O) groups is 1. The molecular weight excluding hydrogens is 244 g/mol. The molecule has 0 radical (unpaired) electrons. The maximum atomic E-state index is 12.5. The van der Waals surface area contributed by atoms with Gasteiger partial charge in [0.25, 0.3) is 0 Å². The minimum atomic E-state index is -0.418. The molecule has 4 heteroatoms. The number of rotatable bonds is 4. The monoisotopic (exact) mass is 266 g/mol. The first-order valence-corrected chi connectivity index (χ1v) is 7.36. The topological polar surface area (TPSA) is 46.3 Å². The van der Waals surface area contributed by atoms with Gasteiger partial charge in [-0.1, -0.05) is 26.8 Å². The molecule has 0 aromatic carbocycles. The lowest BCUT2D eigenvalue weighted by atomic mass is 9.86. The first kappa shape index (κ1) is 13.6. The summed E-state index contributed by atoms with van der Waals surface area (Å²) in [5, 5.41) is 2.05. The van der Waals surface area contributed by atoms with Crippen LogP contribution in [0.4, 0.5) is 0 Å². The van der Waals surface area contributed by atoms with Crippen LogP contribution in [0.5, 0.6) is 0 Å². The van der Waals surface area contributed by atoms with E-state index < -0.39 is 6.04 Å². The van der Waals surface area contributed by atoms with E-state index in [0.29, 0.717) is 12.6 Å². The standard InChI is InChI=1S/C14H22N2OS/c1-14(2,3)12(15)13(17)16(10-6-7-10)9-11-5-4-8-18-11/h4-5,8,10,12H,6-7,9,15H2,1-3H3/t12-/m0/s1. The molecule has 1 atom stereocenters. The molecule has 2 rings (SSSR count). The van der Waals surface area contributed by atoms with Gasteiger partial charge in [-0.3, -0.25) is 4.79 Å². The van der Waals surface area contributed by atoms with Gasteiger partial charge in [-0.2, -0.15) is 0 Å². The van der Waals surface area contributed by atoms with E-state index in [2.05, 4.69) is 11.4 Å². The maximum absolute atomic E-state index is 12.5. The molecule has 1 aliphatic carbocycles. The van der Waals surface area contributed by atoms with Crippen LogP contribution in [0.2, 0.25) is 0 Å². The van der Waals surface area contributed by atoms with Crippen molar-refractivity contribution < 1.29 is 4.79 Å². The fraction of sp³-hybridized carbons (Fsp3) is 0.643. The van der Waals surface area contributed by atoms with Crippen LogP contribution in [0.15, 0.2) is 17.5 Å². The van der Waals surface area contributed by atoms with Crippen molar-refractivity contribution in [1.82, 2.24) is 4.90 Å². The molecule has 0 unspecified atom stereocenters. The summed E-state index contributed by atoms with van der Waals surface area (Å²) in [6, 6.07) is 4.10. The summed E-state index contributed by atoms with van der Waals surface area (Å²) in [5.74, 6) is 0.0957. The van der Waals surface area contributed by atoms with Crippen molar-refractivity contribution in [3.63, 3.8) is 0 Å². The molecule has 100 valence electrons. The molecule has 0 bridgehead atoms. The molecule has 0 saturated heterocycles. The predicted octanol–water partition coefficient (Wildman–Crippen LogP) is 2.61. The van der Waals surface area contributed by atoms with Crippen molar-refractivity contribution in [2.75, 3.05) is 0 Å². The van der Waals surface area contributed by atoms with E-state index in [9.17, 15) is 4.79 Å². The Kier molecular flexibility index (Phi) is 3.78. The van der Waals surface area contributed by atoms with Gasteiger partial charge in [0.1, 0.15) is 0 Å². The van der Waals surface area contributed by atoms with E-state index in [4.69, 9.17) is 5.73 Å². The van der Waals surface area contributed by atoms with Crippen LogP contribution in [0.3, 0.4) is 0 Å². The van der Waals surface area contributed by atoms with Gasteiger partial charge in [-0.15, -0.1) is 11.3 Å². The summed E-state index contributed by atoms with van der Waals surface area (Å²) < 4.78 is 0. The van der Waals surface area contributed by atoms with Gasteiger partial charge in [0.05, 0.1) is 12.6 Å². The molecule has 1 aliphatic rings. The average Bonchev–Trinajstić information content (AvgIpc) is 3.00. The Balaban J connectivity index is 2.08. The van der Waals surface area contributed by atoms with Crippen LogP contribution in [0.1, 0.15) is 38.5 Å². The normalized spacial score (nSPS) is 17.6. The van der Waals surface area contributed by atoms with Gasteiger partial charge in [-0.25, -0.2) is 0 Å². The third kappa shape index (κ3) is 3.12. The Labute approximate surface area is 113 Å². The molecule has 1 aromatic rings. The highest BCUT2D eigenvalue weighted by molar-refractivity contribution is 7.09. The van der Waals surface area contributed by atoms with Crippen molar-refractivity contribution in [3.8, 4) is 0 Å². The highest BCUT2D eigenvalue weighted by Gasteiger charge is 2.38. The molecule has 0 spiro atoms. The first-order chi connectivity index (χ1) is 8.39. The number of nitrogens with zero attached hydrogens (tertiary/aromatic N) is 1. The highest BCUT2D eigenvalue weighted by Crippen LogP contribution is 2.31. The van der Waals surface area contributed by atoms with E-state index in [0.717, 1.165) is 12.8 Å². The zero-order valence-electron chi connectivity index (χ0n) is 11.3. The van der Waals surface area contributed by atoms with Gasteiger partial charge in [-0.05, 0) is 29.7 Å². The van der Waals surface area contributed by atoms with E-state index in [1.807, 2.05) is 31.7 Å². The molecular formula is C14H22N2OS. The van der Waals surface area contributed by atoms with E-state index in [-0.39, 0.29) is 11.3 Å². The fourth-order valence-corrected chi connectivity index (χ4v) is 2.60. The molecule has 18 heavy (non-hydrogen) atoms. The zero-order valence-corrected chi connectivity index (χ0v) is 12.2. The molecule has 1 amide bonds. The van der Waals surface area contributed by atoms with Crippen LogP contribution < -0.4 is 5.73 Å². The van der Waals surface area contributed by atoms with Crippen LogP contribution in [0.25, 0.3) is 0 Å². The van der Waals surface area contributed by atoms with Gasteiger partial charge in [0, 0.05) is 10.9 Å². The average molecular weight is 266 g/mol. The summed E-state index contributed by atoms with van der Waals surface area (Å²) in [5.41, 5.74) is 5.92. The van der Waals surface area contributed by atoms with E-state index in [1.165, 1.54) is 4.88 Å². The molecule has 2 N–H and O–H groups in total. The summed E-state index contributed by atoms with van der Waals surface area (Å²) >= 11 is 1.70. The second-order valence-corrected chi connectivity index (χ2v) is 7.15. The van der Waals surface area contributed by atoms with Crippen molar-refractivity contribution >= 4 is 17.2 Å². The molecule has 1 heterocycles. The number of nitrogens with two attached hydrogens (primary N) is 1. The number of carbonyl (C=O) groups excluding carboxylic acids is 1. The first-order valence-electron chi connectivity index (χ1n) is 6.48. The minimum absolute atomic E-state index is 0.0957. The van der Waals surface area contributed by atoms with Crippen molar-refractivity contribution in [2.24, 2.45) is 11.1 Å². The van der Waals surface area contributed by atoms with E-state index >= 15 is 0 Å². The third-order valence-corrected chi connectivity index (χ3v) is 4.24. The lowest BCUT2D eigenvalue weighted by Gasteiger charge is -2.32. The predicted molar refractivity (Wildman–Crippen MR) is 75.3 cm³/mol. The lowest BCUT2D eigenvalue weighted by Crippen LogP contribution is -2.50. The molecule has 1 fully saturated rings. The van der Waals surface area contributed by atoms with Gasteiger partial charge < -0.3 is 10.6 Å². The SMILES string of the molecule is CC(C)(C)[C@@H](N)C(=O)N(Cc1cccs1)C1CC1. The van der Waals surface area contributed by atoms with Crippen LogP contribution >= 0.6 is 11.3 Å². The largest absolute Gasteiger partial charge is 0.333 e. The second kappa shape index (κ2) is 5.02. The molecule has 1 aromatic heterocycles. The quantitative estimate of drug-likeness (QED) is 0.910. The van der Waals surface area contributed by atoms with Crippen LogP contribution in [-0.4, -0.2) is 22.9 Å². The third-order valence-electron chi connectivity index (χ3n) is 3.38. The molecule has 0 aliphatic heterocycles. The van der Waals surface area contributed by atoms with Gasteiger partial charge in [0.2, 0.25) is 5.91 Å². The highest BCUT2D eigenvalue weighted by atomic mass is 32.1. The number of amides is 1. The Morgan fingerprint density at radius 3 is 2.67 bits per heavy atom. The Morgan fingerprint density at radius 2 is 2.22 bits per heavy atom. The Hall–Kier alpha value is -0.870. The smallest absolute Gasteiger partial charge is 0.240 e. The van der Waals surface area contributed by atoms with Crippen molar-refractivity contribution in [1.29, 1.82) is 0 Å². The fourth-order valence-electron chi connectivity index (χ4n) is 1.89. The van der Waals surface area contributed by atoms with Crippen molar-refractivity contribution in [2.45, 2.75) is 52.2 Å². The number of hydrogen-bond acceptors (Lipinski definition) is 3. The lowest BCUT2D eigenvalue weighted by molar-refractivity contribution is -0.136. The number of thiophene rings is 1. The van der Waals surface area contributed by atoms with Crippen LogP contribution in [-0.2, 0) is 11.3 Å². The van der Waals surface area contributed by atoms with Gasteiger partial charge in [0.15, 0.2) is 0 Å². The Morgan fingerprint density at radius 1 is 1.56 bits per heavy atom. The summed E-state index contributed by atoms with van der Waals surface area (Å²) in [6.45, 7) is 6.77. The summed E-state index contributed by atoms with van der Waals surface area (Å²) in [7, 11) is 0. The summed E-state index contributed by atoms with van der Waals surface area (Å²) in [6.07, 6.45) is 2.24. The van der Waals surface area contributed by atoms with E-state index in [1.54, 1.807) is 11.3 Å². The second-order valence-electron chi connectivity index (χ2n) is 6.12. The van der Waals surface area contributed by atoms with Gasteiger partial charge >= 0.3 is 0 Å². The minimum Gasteiger partial charge on any atom is -0.333 e. The summed E-state index contributed by atoms with van der Waals surface area (Å²) in [4.78, 5) is 15.7. The zero-order chi connectivity index (χ0) is 13.3.